The number of hydrogen-bond acceptors (Lipinski definition) is 7. The van der Waals surface area contributed by atoms with Crippen molar-refractivity contribution in [2.45, 2.75) is 0 Å². The molecule has 0 unspecified atom stereocenters. The zero-order valence-electron chi connectivity index (χ0n) is 17.9. The third-order valence-corrected chi connectivity index (χ3v) is 5.33. The summed E-state index contributed by atoms with van der Waals surface area (Å²) in [6.07, 6.45) is 1.49. The van der Waals surface area contributed by atoms with Crippen LogP contribution in [0.5, 0.6) is 11.5 Å². The van der Waals surface area contributed by atoms with Gasteiger partial charge in [0.05, 0.1) is 36.3 Å². The van der Waals surface area contributed by atoms with Crippen molar-refractivity contribution in [2.75, 3.05) is 19.5 Å². The van der Waals surface area contributed by atoms with E-state index in [1.165, 1.54) is 6.33 Å². The van der Waals surface area contributed by atoms with Gasteiger partial charge in [0.1, 0.15) is 18.0 Å². The van der Waals surface area contributed by atoms with E-state index in [1.807, 2.05) is 42.5 Å². The number of methoxy groups -OCH3 is 2. The van der Waals surface area contributed by atoms with Crippen molar-refractivity contribution >= 4 is 39.3 Å². The number of carbonyl (C=O) groups is 1. The number of rotatable bonds is 6. The molecule has 9 nitrogen and oxygen atoms in total. The van der Waals surface area contributed by atoms with E-state index in [4.69, 9.17) is 15.2 Å². The Bertz CT molecular complexity index is 1510. The van der Waals surface area contributed by atoms with Crippen molar-refractivity contribution < 1.29 is 14.3 Å². The van der Waals surface area contributed by atoms with Crippen molar-refractivity contribution in [3.05, 3.63) is 66.5 Å². The Morgan fingerprint density at radius 1 is 0.970 bits per heavy atom. The molecule has 0 bridgehead atoms. The molecule has 0 aliphatic carbocycles. The third-order valence-electron chi connectivity index (χ3n) is 5.33. The molecule has 0 atom stereocenters. The predicted octanol–water partition coefficient (Wildman–Crippen LogP) is 4.03. The van der Waals surface area contributed by atoms with Gasteiger partial charge in [0.15, 0.2) is 11.5 Å². The number of anilines is 2. The van der Waals surface area contributed by atoms with E-state index in [2.05, 4.69) is 25.3 Å². The van der Waals surface area contributed by atoms with Crippen LogP contribution in [0.2, 0.25) is 0 Å². The number of carbonyl (C=O) groups excluding carboxylic acids is 1. The summed E-state index contributed by atoms with van der Waals surface area (Å²) in [6, 6.07) is 16.5. The Hall–Kier alpha value is -4.66. The number of nitrogens with zero attached hydrogens (tertiary/aromatic N) is 3. The smallest absolute Gasteiger partial charge is 0.249 e. The number of primary amides is 1. The highest BCUT2D eigenvalue weighted by Crippen LogP contribution is 2.34. The van der Waals surface area contributed by atoms with Crippen molar-refractivity contribution in [1.29, 1.82) is 0 Å². The first-order valence-corrected chi connectivity index (χ1v) is 10.1. The van der Waals surface area contributed by atoms with Gasteiger partial charge < -0.3 is 25.5 Å². The second-order valence-corrected chi connectivity index (χ2v) is 7.30. The van der Waals surface area contributed by atoms with Crippen LogP contribution in [0, 0.1) is 0 Å². The topological polar surface area (TPSA) is 128 Å². The average Bonchev–Trinajstić information content (AvgIpc) is 3.26. The molecule has 0 aliphatic rings. The standard InChI is InChI=1S/C24H20N6O3/c1-32-20-10-16-18(11-21(20)33-2)26-12-27-23(16)28-13-7-8-17-19(9-13)30-24(29-17)15-6-4-3-5-14(15)22(25)31/h3-12H,1-2H3,(H2,25,31)(H,29,30)(H,26,27,28). The zero-order valence-corrected chi connectivity index (χ0v) is 17.9. The number of H-pyrrole nitrogens is 1. The van der Waals surface area contributed by atoms with Gasteiger partial charge in [0.25, 0.3) is 0 Å². The van der Waals surface area contributed by atoms with Gasteiger partial charge in [0.2, 0.25) is 5.91 Å². The van der Waals surface area contributed by atoms with Crippen LogP contribution in [0.4, 0.5) is 11.5 Å². The lowest BCUT2D eigenvalue weighted by molar-refractivity contribution is 0.100. The molecule has 1 amide bonds. The number of imidazole rings is 1. The summed E-state index contributed by atoms with van der Waals surface area (Å²) < 4.78 is 10.8. The van der Waals surface area contributed by atoms with E-state index < -0.39 is 5.91 Å². The number of hydrogen-bond donors (Lipinski definition) is 3. The summed E-state index contributed by atoms with van der Waals surface area (Å²) >= 11 is 0. The maximum absolute atomic E-state index is 11.8. The summed E-state index contributed by atoms with van der Waals surface area (Å²) in [6.45, 7) is 0. The molecule has 9 heteroatoms. The molecule has 3 aromatic carbocycles. The molecule has 0 spiro atoms. The van der Waals surface area contributed by atoms with Gasteiger partial charge in [-0.25, -0.2) is 15.0 Å². The second kappa shape index (κ2) is 8.12. The molecule has 0 radical (unpaired) electrons. The molecule has 5 rings (SSSR count). The summed E-state index contributed by atoms with van der Waals surface area (Å²) in [5.74, 6) is 1.87. The van der Waals surface area contributed by atoms with E-state index in [1.54, 1.807) is 26.4 Å². The minimum absolute atomic E-state index is 0.409. The maximum Gasteiger partial charge on any atom is 0.249 e. The molecule has 164 valence electrons. The van der Waals surface area contributed by atoms with E-state index in [-0.39, 0.29) is 0 Å². The van der Waals surface area contributed by atoms with Crippen molar-refractivity contribution in [3.63, 3.8) is 0 Å². The molecule has 2 heterocycles. The highest BCUT2D eigenvalue weighted by molar-refractivity contribution is 6.00. The van der Waals surface area contributed by atoms with Gasteiger partial charge in [-0.15, -0.1) is 0 Å². The molecular weight excluding hydrogens is 420 g/mol. The lowest BCUT2D eigenvalue weighted by Crippen LogP contribution is -2.12. The maximum atomic E-state index is 11.8. The van der Waals surface area contributed by atoms with Crippen LogP contribution in [-0.2, 0) is 0 Å². The lowest BCUT2D eigenvalue weighted by atomic mass is 10.1. The monoisotopic (exact) mass is 440 g/mol. The third kappa shape index (κ3) is 3.65. The number of benzene rings is 3. The fourth-order valence-electron chi connectivity index (χ4n) is 3.74. The number of fused-ring (bicyclic) bond motifs is 2. The first-order valence-electron chi connectivity index (χ1n) is 10.1. The van der Waals surface area contributed by atoms with Crippen LogP contribution in [0.3, 0.4) is 0 Å². The fraction of sp³-hybridized carbons (Fsp3) is 0.0833. The number of nitrogens with one attached hydrogen (secondary N) is 2. The van der Waals surface area contributed by atoms with E-state index in [0.29, 0.717) is 34.3 Å². The normalized spacial score (nSPS) is 11.0. The Balaban J connectivity index is 1.53. The largest absolute Gasteiger partial charge is 0.493 e. The van der Waals surface area contributed by atoms with E-state index in [0.717, 1.165) is 27.6 Å². The first-order chi connectivity index (χ1) is 16.1. The Kier molecular flexibility index (Phi) is 4.98. The minimum Gasteiger partial charge on any atom is -0.493 e. The van der Waals surface area contributed by atoms with Crippen LogP contribution in [0.1, 0.15) is 10.4 Å². The Labute approximate surface area is 188 Å². The van der Waals surface area contributed by atoms with Crippen LogP contribution in [0.15, 0.2) is 60.9 Å². The summed E-state index contributed by atoms with van der Waals surface area (Å²) in [7, 11) is 3.17. The highest BCUT2D eigenvalue weighted by Gasteiger charge is 2.14. The van der Waals surface area contributed by atoms with Crippen LogP contribution in [-0.4, -0.2) is 40.1 Å². The average molecular weight is 440 g/mol. The molecule has 4 N–H and O–H groups in total. The van der Waals surface area contributed by atoms with Gasteiger partial charge in [-0.2, -0.15) is 0 Å². The molecule has 0 saturated carbocycles. The summed E-state index contributed by atoms with van der Waals surface area (Å²) in [5, 5.41) is 4.13. The predicted molar refractivity (Wildman–Crippen MR) is 126 cm³/mol. The molecule has 0 aliphatic heterocycles. The van der Waals surface area contributed by atoms with E-state index in [9.17, 15) is 4.79 Å². The van der Waals surface area contributed by atoms with Gasteiger partial charge in [-0.05, 0) is 30.3 Å². The Morgan fingerprint density at radius 2 is 1.76 bits per heavy atom. The van der Waals surface area contributed by atoms with Gasteiger partial charge in [0, 0.05) is 22.7 Å². The number of aromatic nitrogens is 4. The number of nitrogens with two attached hydrogens (primary N) is 1. The minimum atomic E-state index is -0.504. The fourth-order valence-corrected chi connectivity index (χ4v) is 3.74. The number of amides is 1. The van der Waals surface area contributed by atoms with Gasteiger partial charge in [-0.3, -0.25) is 4.79 Å². The second-order valence-electron chi connectivity index (χ2n) is 7.30. The number of aromatic amines is 1. The lowest BCUT2D eigenvalue weighted by Gasteiger charge is -2.12. The highest BCUT2D eigenvalue weighted by atomic mass is 16.5. The van der Waals surface area contributed by atoms with Gasteiger partial charge >= 0.3 is 0 Å². The molecule has 0 fully saturated rings. The molecule has 33 heavy (non-hydrogen) atoms. The molecule has 0 saturated heterocycles. The van der Waals surface area contributed by atoms with Crippen LogP contribution < -0.4 is 20.5 Å². The van der Waals surface area contributed by atoms with Crippen molar-refractivity contribution in [1.82, 2.24) is 19.9 Å². The summed E-state index contributed by atoms with van der Waals surface area (Å²) in [4.78, 5) is 28.4. The van der Waals surface area contributed by atoms with E-state index >= 15 is 0 Å². The molecule has 2 aromatic heterocycles. The van der Waals surface area contributed by atoms with Gasteiger partial charge in [-0.1, -0.05) is 18.2 Å². The first kappa shape index (κ1) is 20.3. The SMILES string of the molecule is COc1cc2ncnc(Nc3ccc4nc(-c5ccccc5C(N)=O)[nH]c4c3)c2cc1OC. The molecular formula is C24H20N6O3. The Morgan fingerprint density at radius 3 is 2.55 bits per heavy atom. The van der Waals surface area contributed by atoms with Crippen molar-refractivity contribution in [2.24, 2.45) is 5.73 Å². The zero-order chi connectivity index (χ0) is 22.9. The quantitative estimate of drug-likeness (QED) is 0.364. The number of ether oxygens (including phenoxy) is 2. The molecule has 5 aromatic rings. The van der Waals surface area contributed by atoms with Crippen LogP contribution in [0.25, 0.3) is 33.3 Å². The van der Waals surface area contributed by atoms with Crippen LogP contribution >= 0.6 is 0 Å². The summed E-state index contributed by atoms with van der Waals surface area (Å²) in [5.41, 5.74) is 9.66. The van der Waals surface area contributed by atoms with Crippen molar-refractivity contribution in [3.8, 4) is 22.9 Å².